The first-order valence-electron chi connectivity index (χ1n) is 5.19. The van der Waals surface area contributed by atoms with Crippen LogP contribution in [0.25, 0.3) is 0 Å². The molecule has 1 fully saturated rings. The maximum Gasteiger partial charge on any atom is 0.332 e. The highest BCUT2D eigenvalue weighted by atomic mass is 16.8. The third-order valence-electron chi connectivity index (χ3n) is 2.56. The number of carbonyl (C=O) groups excluding carboxylic acids is 1. The average molecular weight is 214 g/mol. The van der Waals surface area contributed by atoms with Crippen molar-refractivity contribution in [2.45, 2.75) is 45.2 Å². The van der Waals surface area contributed by atoms with E-state index in [0.717, 1.165) is 18.9 Å². The Morgan fingerprint density at radius 2 is 2.13 bits per heavy atom. The van der Waals surface area contributed by atoms with Crippen molar-refractivity contribution < 1.29 is 19.0 Å². The average Bonchev–Trinajstić information content (AvgIpc) is 2.57. The van der Waals surface area contributed by atoms with Crippen LogP contribution in [-0.2, 0) is 19.0 Å². The van der Waals surface area contributed by atoms with Gasteiger partial charge in [0.2, 0.25) is 5.79 Å². The molecular weight excluding hydrogens is 196 g/mol. The first-order valence-corrected chi connectivity index (χ1v) is 5.19. The van der Waals surface area contributed by atoms with Gasteiger partial charge in [0, 0.05) is 13.0 Å². The molecule has 86 valence electrons. The second-order valence-corrected chi connectivity index (χ2v) is 3.77. The van der Waals surface area contributed by atoms with E-state index in [9.17, 15) is 4.79 Å². The number of esters is 1. The molecule has 4 nitrogen and oxygen atoms in total. The van der Waals surface area contributed by atoms with Crippen molar-refractivity contribution in [3.05, 3.63) is 12.7 Å². The van der Waals surface area contributed by atoms with E-state index < -0.39 is 17.5 Å². The van der Waals surface area contributed by atoms with E-state index in [1.54, 1.807) is 6.92 Å². The highest BCUT2D eigenvalue weighted by Gasteiger charge is 2.48. The highest BCUT2D eigenvalue weighted by molar-refractivity contribution is 5.81. The monoisotopic (exact) mass is 214 g/mol. The molecule has 1 aliphatic heterocycles. The summed E-state index contributed by atoms with van der Waals surface area (Å²) in [4.78, 5) is 11.1. The normalized spacial score (nSPS) is 28.7. The molecule has 1 unspecified atom stereocenters. The number of ether oxygens (including phenoxy) is 3. The first-order chi connectivity index (χ1) is 6.99. The maximum absolute atomic E-state index is 11.1. The Hall–Kier alpha value is -0.870. The van der Waals surface area contributed by atoms with Crippen LogP contribution in [0.2, 0.25) is 0 Å². The number of hydrogen-bond donors (Lipinski definition) is 0. The van der Waals surface area contributed by atoms with Gasteiger partial charge >= 0.3 is 5.97 Å². The molecule has 4 heteroatoms. The Labute approximate surface area is 90.2 Å². The summed E-state index contributed by atoms with van der Waals surface area (Å²) in [5, 5.41) is 0. The molecule has 15 heavy (non-hydrogen) atoms. The van der Waals surface area contributed by atoms with Crippen LogP contribution in [0.5, 0.6) is 0 Å². The van der Waals surface area contributed by atoms with Crippen LogP contribution in [-0.4, -0.2) is 24.2 Å². The zero-order valence-corrected chi connectivity index (χ0v) is 9.54. The van der Waals surface area contributed by atoms with Crippen LogP contribution in [0.4, 0.5) is 0 Å². The van der Waals surface area contributed by atoms with Crippen LogP contribution in [0.1, 0.15) is 33.6 Å². The van der Waals surface area contributed by atoms with E-state index in [4.69, 9.17) is 14.2 Å². The largest absolute Gasteiger partial charge is 0.428 e. The van der Waals surface area contributed by atoms with E-state index in [1.165, 1.54) is 0 Å². The van der Waals surface area contributed by atoms with Gasteiger partial charge in [-0.05, 0) is 12.8 Å². The Kier molecular flexibility index (Phi) is 3.52. The standard InChI is InChI=1S/C11H18O4/c1-5-9(12)14-10(4)8-13-11(6-2,7-3)15-10/h5H,1,6-8H2,2-4H3. The van der Waals surface area contributed by atoms with E-state index in [1.807, 2.05) is 13.8 Å². The molecule has 0 aromatic heterocycles. The summed E-state index contributed by atoms with van der Waals surface area (Å²) >= 11 is 0. The van der Waals surface area contributed by atoms with Crippen LogP contribution in [0.3, 0.4) is 0 Å². The molecule has 1 aliphatic rings. The number of carbonyl (C=O) groups is 1. The highest BCUT2D eigenvalue weighted by Crippen LogP contribution is 2.36. The number of hydrogen-bond acceptors (Lipinski definition) is 4. The molecule has 0 aliphatic carbocycles. The Balaban J connectivity index is 2.67. The molecule has 1 saturated heterocycles. The van der Waals surface area contributed by atoms with Gasteiger partial charge in [-0.1, -0.05) is 20.4 Å². The summed E-state index contributed by atoms with van der Waals surface area (Å²) in [5.41, 5.74) is 0. The predicted molar refractivity (Wildman–Crippen MR) is 55.0 cm³/mol. The van der Waals surface area contributed by atoms with Crippen molar-refractivity contribution in [2.75, 3.05) is 6.61 Å². The Bertz CT molecular complexity index is 257. The summed E-state index contributed by atoms with van der Waals surface area (Å²) in [5.74, 6) is -2.10. The van der Waals surface area contributed by atoms with Crippen molar-refractivity contribution in [2.24, 2.45) is 0 Å². The lowest BCUT2D eigenvalue weighted by Gasteiger charge is -2.28. The second kappa shape index (κ2) is 4.33. The fourth-order valence-corrected chi connectivity index (χ4v) is 1.62. The minimum Gasteiger partial charge on any atom is -0.428 e. The second-order valence-electron chi connectivity index (χ2n) is 3.77. The van der Waals surface area contributed by atoms with Crippen molar-refractivity contribution >= 4 is 5.97 Å². The molecular formula is C11H18O4. The van der Waals surface area contributed by atoms with Gasteiger partial charge in [0.25, 0.3) is 0 Å². The molecule has 0 aromatic rings. The minimum absolute atomic E-state index is 0.258. The van der Waals surface area contributed by atoms with Gasteiger partial charge in [0.05, 0.1) is 0 Å². The molecule has 0 spiro atoms. The van der Waals surface area contributed by atoms with Crippen LogP contribution >= 0.6 is 0 Å². The van der Waals surface area contributed by atoms with E-state index in [0.29, 0.717) is 0 Å². The topological polar surface area (TPSA) is 44.8 Å². The van der Waals surface area contributed by atoms with Gasteiger partial charge in [0.15, 0.2) is 5.79 Å². The van der Waals surface area contributed by atoms with E-state index >= 15 is 0 Å². The van der Waals surface area contributed by atoms with Gasteiger partial charge in [0.1, 0.15) is 6.61 Å². The lowest BCUT2D eigenvalue weighted by atomic mass is 10.1. The van der Waals surface area contributed by atoms with Crippen LogP contribution < -0.4 is 0 Å². The summed E-state index contributed by atoms with van der Waals surface area (Å²) in [7, 11) is 0. The Morgan fingerprint density at radius 1 is 1.53 bits per heavy atom. The molecule has 0 aromatic carbocycles. The molecule has 0 N–H and O–H groups in total. The van der Waals surface area contributed by atoms with Gasteiger partial charge in [-0.2, -0.15) is 0 Å². The zero-order valence-electron chi connectivity index (χ0n) is 9.54. The summed E-state index contributed by atoms with van der Waals surface area (Å²) in [6.07, 6.45) is 2.57. The van der Waals surface area contributed by atoms with E-state index in [2.05, 4.69) is 6.58 Å². The quantitative estimate of drug-likeness (QED) is 0.530. The van der Waals surface area contributed by atoms with Gasteiger partial charge in [-0.15, -0.1) is 0 Å². The van der Waals surface area contributed by atoms with Gasteiger partial charge in [-0.3, -0.25) is 0 Å². The van der Waals surface area contributed by atoms with Crippen LogP contribution in [0.15, 0.2) is 12.7 Å². The summed E-state index contributed by atoms with van der Waals surface area (Å²) < 4.78 is 16.4. The van der Waals surface area contributed by atoms with Crippen LogP contribution in [0, 0.1) is 0 Å². The first kappa shape index (κ1) is 12.2. The molecule has 1 heterocycles. The maximum atomic E-state index is 11.1. The lowest BCUT2D eigenvalue weighted by Crippen LogP contribution is -2.37. The molecule has 1 rings (SSSR count). The predicted octanol–water partition coefficient (Wildman–Crippen LogP) is 1.99. The molecule has 0 radical (unpaired) electrons. The van der Waals surface area contributed by atoms with Crippen molar-refractivity contribution in [3.8, 4) is 0 Å². The summed E-state index contributed by atoms with van der Waals surface area (Å²) in [6.45, 7) is 9.25. The third-order valence-corrected chi connectivity index (χ3v) is 2.56. The van der Waals surface area contributed by atoms with Crippen molar-refractivity contribution in [1.29, 1.82) is 0 Å². The Morgan fingerprint density at radius 3 is 2.53 bits per heavy atom. The molecule has 0 amide bonds. The molecule has 1 atom stereocenters. The zero-order chi connectivity index (χ0) is 11.5. The summed E-state index contributed by atoms with van der Waals surface area (Å²) in [6, 6.07) is 0. The SMILES string of the molecule is C=CC(=O)OC1(C)COC(CC)(CC)O1. The fourth-order valence-electron chi connectivity index (χ4n) is 1.62. The fraction of sp³-hybridized carbons (Fsp3) is 0.727. The van der Waals surface area contributed by atoms with E-state index in [-0.39, 0.29) is 6.61 Å². The lowest BCUT2D eigenvalue weighted by molar-refractivity contribution is -0.250. The molecule has 0 bridgehead atoms. The number of rotatable bonds is 4. The van der Waals surface area contributed by atoms with Gasteiger partial charge in [-0.25, -0.2) is 4.79 Å². The van der Waals surface area contributed by atoms with Crippen molar-refractivity contribution in [1.82, 2.24) is 0 Å². The minimum atomic E-state index is -0.989. The van der Waals surface area contributed by atoms with Gasteiger partial charge < -0.3 is 14.2 Å². The molecule has 0 saturated carbocycles. The smallest absolute Gasteiger partial charge is 0.332 e. The van der Waals surface area contributed by atoms with Crippen molar-refractivity contribution in [3.63, 3.8) is 0 Å². The third kappa shape index (κ3) is 2.58.